The van der Waals surface area contributed by atoms with Crippen molar-refractivity contribution < 1.29 is 4.79 Å². The van der Waals surface area contributed by atoms with Crippen LogP contribution < -0.4 is 0 Å². The Morgan fingerprint density at radius 2 is 2.18 bits per heavy atom. The summed E-state index contributed by atoms with van der Waals surface area (Å²) in [6.07, 6.45) is 3.01. The zero-order valence-electron chi connectivity index (χ0n) is 14.4. The van der Waals surface area contributed by atoms with Crippen LogP contribution in [0.2, 0.25) is 0 Å². The maximum absolute atomic E-state index is 12.3. The van der Waals surface area contributed by atoms with Gasteiger partial charge in [-0.3, -0.25) is 9.78 Å². The minimum absolute atomic E-state index is 0.298. The Bertz CT molecular complexity index is 495. The van der Waals surface area contributed by atoms with Crippen molar-refractivity contribution in [2.24, 2.45) is 5.92 Å². The van der Waals surface area contributed by atoms with E-state index in [4.69, 9.17) is 0 Å². The summed E-state index contributed by atoms with van der Waals surface area (Å²) in [6, 6.07) is 4.21. The second-order valence-electron chi connectivity index (χ2n) is 6.85. The van der Waals surface area contributed by atoms with E-state index >= 15 is 0 Å². The molecule has 0 bridgehead atoms. The molecule has 4 heteroatoms. The molecule has 1 unspecified atom stereocenters. The molecule has 1 aromatic rings. The van der Waals surface area contributed by atoms with Crippen LogP contribution in [0, 0.1) is 19.8 Å². The van der Waals surface area contributed by atoms with E-state index in [0.717, 1.165) is 44.0 Å². The summed E-state index contributed by atoms with van der Waals surface area (Å²) in [5, 5.41) is 0. The van der Waals surface area contributed by atoms with Crippen LogP contribution in [0.3, 0.4) is 0 Å². The molecule has 1 aliphatic rings. The molecule has 2 heterocycles. The number of aromatic nitrogens is 1. The Hall–Kier alpha value is -1.42. The average molecular weight is 303 g/mol. The van der Waals surface area contributed by atoms with Crippen LogP contribution in [0.4, 0.5) is 0 Å². The van der Waals surface area contributed by atoms with E-state index in [2.05, 4.69) is 42.9 Å². The Morgan fingerprint density at radius 3 is 2.86 bits per heavy atom. The van der Waals surface area contributed by atoms with Crippen molar-refractivity contribution in [3.05, 3.63) is 29.1 Å². The fraction of sp³-hybridized carbons (Fsp3) is 0.667. The standard InChI is InChI=1S/C18H29N3O/c1-14-6-5-8-21(12-14)18(22)7-9-20(4)13-17-11-15(2)10-16(3)19-17/h10-11,14H,5-9,12-13H2,1-4H3. The van der Waals surface area contributed by atoms with Crippen LogP contribution in [-0.4, -0.2) is 47.4 Å². The van der Waals surface area contributed by atoms with Gasteiger partial charge in [0.25, 0.3) is 0 Å². The first-order valence-corrected chi connectivity index (χ1v) is 8.34. The summed E-state index contributed by atoms with van der Waals surface area (Å²) in [5.74, 6) is 0.946. The number of amides is 1. The topological polar surface area (TPSA) is 36.4 Å². The molecule has 22 heavy (non-hydrogen) atoms. The zero-order valence-corrected chi connectivity index (χ0v) is 14.4. The molecule has 1 atom stereocenters. The number of hydrogen-bond donors (Lipinski definition) is 0. The van der Waals surface area contributed by atoms with Gasteiger partial charge in [0.15, 0.2) is 0 Å². The highest BCUT2D eigenvalue weighted by atomic mass is 16.2. The normalized spacial score (nSPS) is 18.8. The van der Waals surface area contributed by atoms with Crippen LogP contribution >= 0.6 is 0 Å². The Kier molecular flexibility index (Phi) is 5.95. The molecule has 1 fully saturated rings. The van der Waals surface area contributed by atoms with Crippen molar-refractivity contribution in [1.82, 2.24) is 14.8 Å². The highest BCUT2D eigenvalue weighted by Gasteiger charge is 2.20. The van der Waals surface area contributed by atoms with Gasteiger partial charge in [0.05, 0.1) is 5.69 Å². The molecule has 4 nitrogen and oxygen atoms in total. The van der Waals surface area contributed by atoms with E-state index < -0.39 is 0 Å². The van der Waals surface area contributed by atoms with E-state index in [1.807, 2.05) is 11.8 Å². The lowest BCUT2D eigenvalue weighted by atomic mass is 10.00. The fourth-order valence-electron chi connectivity index (χ4n) is 3.22. The van der Waals surface area contributed by atoms with Gasteiger partial charge in [-0.1, -0.05) is 6.92 Å². The summed E-state index contributed by atoms with van der Waals surface area (Å²) in [5.41, 5.74) is 3.38. The number of hydrogen-bond acceptors (Lipinski definition) is 3. The number of likely N-dealkylation sites (tertiary alicyclic amines) is 1. The van der Waals surface area contributed by atoms with Gasteiger partial charge in [-0.05, 0) is 57.4 Å². The SMILES string of the molecule is Cc1cc(C)nc(CN(C)CCC(=O)N2CCCC(C)C2)c1. The molecule has 2 rings (SSSR count). The molecule has 1 amide bonds. The smallest absolute Gasteiger partial charge is 0.223 e. The van der Waals surface area contributed by atoms with Gasteiger partial charge in [-0.15, -0.1) is 0 Å². The molecule has 0 saturated carbocycles. The largest absolute Gasteiger partial charge is 0.342 e. The Balaban J connectivity index is 1.79. The summed E-state index contributed by atoms with van der Waals surface area (Å²) in [7, 11) is 2.06. The summed E-state index contributed by atoms with van der Waals surface area (Å²) >= 11 is 0. The number of carbonyl (C=O) groups excluding carboxylic acids is 1. The third kappa shape index (κ3) is 5.09. The van der Waals surface area contributed by atoms with Gasteiger partial charge in [-0.2, -0.15) is 0 Å². The average Bonchev–Trinajstić information content (AvgIpc) is 2.43. The molecule has 0 radical (unpaired) electrons. The number of carbonyl (C=O) groups is 1. The minimum atomic E-state index is 0.298. The number of aryl methyl sites for hydroxylation is 2. The van der Waals surface area contributed by atoms with Crippen molar-refractivity contribution in [3.8, 4) is 0 Å². The lowest BCUT2D eigenvalue weighted by Gasteiger charge is -2.31. The maximum atomic E-state index is 12.3. The number of nitrogens with zero attached hydrogens (tertiary/aromatic N) is 3. The molecule has 0 aliphatic carbocycles. The van der Waals surface area contributed by atoms with Crippen LogP contribution in [0.1, 0.15) is 43.1 Å². The van der Waals surface area contributed by atoms with Gasteiger partial charge in [0.2, 0.25) is 5.91 Å². The zero-order chi connectivity index (χ0) is 16.1. The van der Waals surface area contributed by atoms with E-state index in [9.17, 15) is 4.79 Å². The fourth-order valence-corrected chi connectivity index (χ4v) is 3.22. The van der Waals surface area contributed by atoms with Gasteiger partial charge in [-0.25, -0.2) is 0 Å². The molecule has 122 valence electrons. The van der Waals surface area contributed by atoms with E-state index in [1.165, 1.54) is 12.0 Å². The highest BCUT2D eigenvalue weighted by Crippen LogP contribution is 2.16. The minimum Gasteiger partial charge on any atom is -0.342 e. The molecular formula is C18H29N3O. The van der Waals surface area contributed by atoms with Gasteiger partial charge in [0.1, 0.15) is 0 Å². The van der Waals surface area contributed by atoms with Crippen LogP contribution in [0.25, 0.3) is 0 Å². The van der Waals surface area contributed by atoms with Gasteiger partial charge in [0, 0.05) is 38.3 Å². The van der Waals surface area contributed by atoms with Crippen molar-refractivity contribution in [2.45, 2.75) is 46.6 Å². The van der Waals surface area contributed by atoms with Crippen LogP contribution in [-0.2, 0) is 11.3 Å². The summed E-state index contributed by atoms with van der Waals surface area (Å²) in [4.78, 5) is 21.1. The second kappa shape index (κ2) is 7.73. The van der Waals surface area contributed by atoms with Crippen LogP contribution in [0.5, 0.6) is 0 Å². The third-order valence-electron chi connectivity index (χ3n) is 4.30. The summed E-state index contributed by atoms with van der Waals surface area (Å²) < 4.78 is 0. The Labute approximate surface area is 134 Å². The Morgan fingerprint density at radius 1 is 1.41 bits per heavy atom. The quantitative estimate of drug-likeness (QED) is 0.839. The molecule has 0 spiro atoms. The summed E-state index contributed by atoms with van der Waals surface area (Å²) in [6.45, 7) is 9.81. The highest BCUT2D eigenvalue weighted by molar-refractivity contribution is 5.76. The molecule has 1 aromatic heterocycles. The van der Waals surface area contributed by atoms with Crippen molar-refractivity contribution >= 4 is 5.91 Å². The van der Waals surface area contributed by atoms with E-state index in [1.54, 1.807) is 0 Å². The molecule has 0 aromatic carbocycles. The first-order valence-electron chi connectivity index (χ1n) is 8.34. The lowest BCUT2D eigenvalue weighted by Crippen LogP contribution is -2.40. The first kappa shape index (κ1) is 16.9. The van der Waals surface area contributed by atoms with E-state index in [-0.39, 0.29) is 0 Å². The predicted octanol–water partition coefficient (Wildman–Crippen LogP) is 2.78. The van der Waals surface area contributed by atoms with Crippen molar-refractivity contribution in [1.29, 1.82) is 0 Å². The number of rotatable bonds is 5. The van der Waals surface area contributed by atoms with Crippen LogP contribution in [0.15, 0.2) is 12.1 Å². The first-order chi connectivity index (χ1) is 10.4. The van der Waals surface area contributed by atoms with Crippen molar-refractivity contribution in [2.75, 3.05) is 26.7 Å². The lowest BCUT2D eigenvalue weighted by molar-refractivity contribution is -0.133. The number of pyridine rings is 1. The number of piperidine rings is 1. The van der Waals surface area contributed by atoms with Gasteiger partial charge >= 0.3 is 0 Å². The van der Waals surface area contributed by atoms with E-state index in [0.29, 0.717) is 18.2 Å². The molecule has 1 saturated heterocycles. The molecular weight excluding hydrogens is 274 g/mol. The molecule has 1 aliphatic heterocycles. The maximum Gasteiger partial charge on any atom is 0.223 e. The van der Waals surface area contributed by atoms with Crippen molar-refractivity contribution in [3.63, 3.8) is 0 Å². The van der Waals surface area contributed by atoms with Gasteiger partial charge < -0.3 is 9.80 Å². The second-order valence-corrected chi connectivity index (χ2v) is 6.85. The molecule has 0 N–H and O–H groups in total. The third-order valence-corrected chi connectivity index (χ3v) is 4.30. The predicted molar refractivity (Wildman–Crippen MR) is 89.6 cm³/mol. The monoisotopic (exact) mass is 303 g/mol.